The SMILES string of the molecule is [C-]#[N+]c1cc(C(C)(C(F)(F)F)C(F)(F)F)ccc1-c1sc(C(=O)NCC(C)(C)O)nc1C(=O)N1CCC[C@@H]1C. The molecule has 1 saturated heterocycles. The number of likely N-dealkylation sites (tertiary alicyclic amines) is 1. The van der Waals surface area contributed by atoms with Crippen LogP contribution in [-0.2, 0) is 5.41 Å². The Hall–Kier alpha value is -3.18. The maximum atomic E-state index is 13.7. The van der Waals surface area contributed by atoms with Crippen LogP contribution in [-0.4, -0.2) is 63.9 Å². The number of carbonyl (C=O) groups excluding carboxylic acids is 2. The molecule has 1 atom stereocenters. The molecule has 2 N–H and O–H groups in total. The van der Waals surface area contributed by atoms with Crippen LogP contribution in [0, 0.1) is 6.57 Å². The molecule has 0 radical (unpaired) electrons. The lowest BCUT2D eigenvalue weighted by Gasteiger charge is -2.34. The van der Waals surface area contributed by atoms with Crippen LogP contribution in [0.5, 0.6) is 0 Å². The van der Waals surface area contributed by atoms with E-state index in [9.17, 15) is 41.0 Å². The average Bonchev–Trinajstić information content (AvgIpc) is 3.46. The van der Waals surface area contributed by atoms with Crippen molar-refractivity contribution >= 4 is 28.8 Å². The molecule has 0 saturated carbocycles. The van der Waals surface area contributed by atoms with Gasteiger partial charge in [-0.1, -0.05) is 18.2 Å². The number of nitrogens with zero attached hydrogens (tertiary/aromatic N) is 3. The van der Waals surface area contributed by atoms with Gasteiger partial charge in [0.15, 0.2) is 16.1 Å². The zero-order chi connectivity index (χ0) is 29.6. The van der Waals surface area contributed by atoms with Gasteiger partial charge in [-0.3, -0.25) is 9.59 Å². The van der Waals surface area contributed by atoms with Crippen LogP contribution >= 0.6 is 11.3 Å². The van der Waals surface area contributed by atoms with Crippen LogP contribution in [0.15, 0.2) is 18.2 Å². The minimum absolute atomic E-state index is 0.00274. The quantitative estimate of drug-likeness (QED) is 0.333. The van der Waals surface area contributed by atoms with Gasteiger partial charge >= 0.3 is 12.4 Å². The largest absolute Gasteiger partial charge is 0.406 e. The summed E-state index contributed by atoms with van der Waals surface area (Å²) in [5.74, 6) is -1.33. The number of alkyl halides is 6. The smallest absolute Gasteiger partial charge is 0.389 e. The number of thiazole rings is 1. The summed E-state index contributed by atoms with van der Waals surface area (Å²) < 4.78 is 81.9. The Morgan fingerprint density at radius 3 is 2.28 bits per heavy atom. The van der Waals surface area contributed by atoms with Gasteiger partial charge in [-0.25, -0.2) is 9.83 Å². The molecule has 0 aliphatic carbocycles. The van der Waals surface area contributed by atoms with Gasteiger partial charge in [-0.05, 0) is 46.1 Å². The zero-order valence-corrected chi connectivity index (χ0v) is 22.2. The number of hydrogen-bond acceptors (Lipinski definition) is 5. The molecule has 39 heavy (non-hydrogen) atoms. The van der Waals surface area contributed by atoms with Gasteiger partial charge in [-0.2, -0.15) is 26.3 Å². The minimum Gasteiger partial charge on any atom is -0.389 e. The number of halogens is 6. The maximum absolute atomic E-state index is 13.7. The molecule has 0 bridgehead atoms. The van der Waals surface area contributed by atoms with Crippen LogP contribution in [0.1, 0.15) is 66.4 Å². The second-order valence-electron chi connectivity index (χ2n) is 10.1. The van der Waals surface area contributed by atoms with Gasteiger partial charge in [0.2, 0.25) is 0 Å². The highest BCUT2D eigenvalue weighted by Crippen LogP contribution is 2.53. The fraction of sp³-hybridized carbons (Fsp3) is 0.520. The lowest BCUT2D eigenvalue weighted by molar-refractivity contribution is -0.297. The molecule has 0 spiro atoms. The van der Waals surface area contributed by atoms with Crippen LogP contribution in [0.4, 0.5) is 32.0 Å². The Bertz CT molecular complexity index is 1290. The first-order valence-electron chi connectivity index (χ1n) is 11.8. The van der Waals surface area contributed by atoms with Crippen molar-refractivity contribution in [2.75, 3.05) is 13.1 Å². The summed E-state index contributed by atoms with van der Waals surface area (Å²) in [5.41, 5.74) is -7.65. The van der Waals surface area contributed by atoms with Crippen molar-refractivity contribution in [3.63, 3.8) is 0 Å². The van der Waals surface area contributed by atoms with Crippen molar-refractivity contribution in [3.05, 3.63) is 45.9 Å². The molecule has 1 aromatic heterocycles. The number of hydrogen-bond donors (Lipinski definition) is 2. The molecular weight excluding hydrogens is 550 g/mol. The van der Waals surface area contributed by atoms with E-state index in [-0.39, 0.29) is 40.7 Å². The number of amides is 2. The van der Waals surface area contributed by atoms with E-state index in [1.54, 1.807) is 0 Å². The summed E-state index contributed by atoms with van der Waals surface area (Å²) in [6.45, 7) is 12.4. The van der Waals surface area contributed by atoms with E-state index in [0.29, 0.717) is 42.9 Å². The highest BCUT2D eigenvalue weighted by atomic mass is 32.1. The Morgan fingerprint density at radius 2 is 1.79 bits per heavy atom. The molecule has 2 aromatic rings. The van der Waals surface area contributed by atoms with E-state index in [2.05, 4.69) is 15.1 Å². The second-order valence-corrected chi connectivity index (χ2v) is 11.1. The van der Waals surface area contributed by atoms with Crippen molar-refractivity contribution in [1.29, 1.82) is 0 Å². The molecule has 2 heterocycles. The molecule has 7 nitrogen and oxygen atoms in total. The molecule has 1 fully saturated rings. The predicted molar refractivity (Wildman–Crippen MR) is 132 cm³/mol. The van der Waals surface area contributed by atoms with Crippen LogP contribution in [0.3, 0.4) is 0 Å². The number of benzene rings is 1. The highest BCUT2D eigenvalue weighted by Gasteiger charge is 2.68. The van der Waals surface area contributed by atoms with Gasteiger partial charge in [0.25, 0.3) is 11.8 Å². The molecule has 0 unspecified atom stereocenters. The Kier molecular flexibility index (Phi) is 8.11. The van der Waals surface area contributed by atoms with E-state index in [4.69, 9.17) is 6.57 Å². The fourth-order valence-electron chi connectivity index (χ4n) is 4.10. The van der Waals surface area contributed by atoms with Crippen LogP contribution in [0.25, 0.3) is 15.3 Å². The monoisotopic (exact) mass is 576 g/mol. The van der Waals surface area contributed by atoms with E-state index in [1.807, 2.05) is 6.92 Å². The number of aliphatic hydroxyl groups is 1. The molecule has 1 aromatic carbocycles. The average molecular weight is 577 g/mol. The summed E-state index contributed by atoms with van der Waals surface area (Å²) in [7, 11) is 0. The highest BCUT2D eigenvalue weighted by molar-refractivity contribution is 7.17. The minimum atomic E-state index is -5.71. The number of carbonyl (C=O) groups is 2. The normalized spacial score (nSPS) is 16.8. The number of aromatic nitrogens is 1. The zero-order valence-electron chi connectivity index (χ0n) is 21.4. The molecule has 1 aliphatic rings. The van der Waals surface area contributed by atoms with Crippen molar-refractivity contribution in [1.82, 2.24) is 15.2 Å². The lowest BCUT2D eigenvalue weighted by atomic mass is 9.80. The molecule has 2 amide bonds. The first kappa shape index (κ1) is 30.4. The van der Waals surface area contributed by atoms with E-state index >= 15 is 0 Å². The van der Waals surface area contributed by atoms with Crippen molar-refractivity contribution in [2.24, 2.45) is 0 Å². The van der Waals surface area contributed by atoms with E-state index in [0.717, 1.165) is 6.07 Å². The third kappa shape index (κ3) is 5.89. The van der Waals surface area contributed by atoms with Gasteiger partial charge in [0.1, 0.15) is 5.69 Å². The Morgan fingerprint density at radius 1 is 1.18 bits per heavy atom. The second kappa shape index (κ2) is 10.4. The third-order valence-electron chi connectivity index (χ3n) is 6.59. The van der Waals surface area contributed by atoms with Gasteiger partial charge in [0, 0.05) is 24.7 Å². The lowest BCUT2D eigenvalue weighted by Crippen LogP contribution is -2.51. The number of rotatable bonds is 6. The molecule has 1 aliphatic heterocycles. The van der Waals surface area contributed by atoms with Crippen molar-refractivity contribution in [3.8, 4) is 10.4 Å². The standard InChI is InChI=1S/C25H26F6N4O3S/c1-13-7-6-10-35(13)21(37)17-18(39-20(34-17)19(36)33-12-22(2,3)38)15-9-8-14(11-16(15)32-5)23(4,24(26,27)28)25(29,30)31/h8-9,11,13,38H,6-7,10,12H2,1-4H3,(H,33,36)/t13-/m0/s1. The predicted octanol–water partition coefficient (Wildman–Crippen LogP) is 5.87. The van der Waals surface area contributed by atoms with Crippen LogP contribution in [0.2, 0.25) is 0 Å². The van der Waals surface area contributed by atoms with Gasteiger partial charge in [0.05, 0.1) is 17.1 Å². The van der Waals surface area contributed by atoms with Crippen molar-refractivity contribution in [2.45, 2.75) is 69.9 Å². The van der Waals surface area contributed by atoms with Gasteiger partial charge in [-0.15, -0.1) is 11.3 Å². The fourth-order valence-corrected chi connectivity index (χ4v) is 5.11. The number of nitrogens with one attached hydrogen (secondary N) is 1. The summed E-state index contributed by atoms with van der Waals surface area (Å²) in [6.07, 6.45) is -10.0. The topological polar surface area (TPSA) is 86.9 Å². The summed E-state index contributed by atoms with van der Waals surface area (Å²) >= 11 is 0.674. The summed E-state index contributed by atoms with van der Waals surface area (Å²) in [5, 5.41) is 12.1. The molecular formula is C25H26F6N4O3S. The van der Waals surface area contributed by atoms with E-state index < -0.39 is 46.4 Å². The first-order chi connectivity index (χ1) is 17.8. The third-order valence-corrected chi connectivity index (χ3v) is 7.68. The Balaban J connectivity index is 2.18. The Labute approximate surface area is 224 Å². The molecule has 14 heteroatoms. The molecule has 3 rings (SSSR count). The summed E-state index contributed by atoms with van der Waals surface area (Å²) in [4.78, 5) is 35.0. The van der Waals surface area contributed by atoms with E-state index in [1.165, 1.54) is 18.7 Å². The maximum Gasteiger partial charge on any atom is 0.406 e. The molecule has 212 valence electrons. The first-order valence-corrected chi connectivity index (χ1v) is 12.6. The summed E-state index contributed by atoms with van der Waals surface area (Å²) in [6, 6.07) is 1.87. The van der Waals surface area contributed by atoms with Crippen LogP contribution < -0.4 is 5.32 Å². The van der Waals surface area contributed by atoms with Gasteiger partial charge < -0.3 is 15.3 Å². The van der Waals surface area contributed by atoms with Crippen molar-refractivity contribution < 1.29 is 41.0 Å².